The number of aryl methyl sites for hydroxylation is 2. The highest BCUT2D eigenvalue weighted by atomic mass is 16.5. The van der Waals surface area contributed by atoms with Crippen molar-refractivity contribution in [1.29, 1.82) is 0 Å². The van der Waals surface area contributed by atoms with Crippen molar-refractivity contribution in [2.24, 2.45) is 7.05 Å². The Bertz CT molecular complexity index is 1050. The van der Waals surface area contributed by atoms with Crippen LogP contribution in [0.25, 0.3) is 28.1 Å². The Morgan fingerprint density at radius 3 is 2.15 bits per heavy atom. The molecule has 0 unspecified atom stereocenters. The first-order chi connectivity index (χ1) is 12.5. The number of hydrogen-bond donors (Lipinski definition) is 1. The lowest BCUT2D eigenvalue weighted by Gasteiger charge is -2.11. The molecule has 132 valence electrons. The molecule has 4 rings (SSSR count). The molecule has 0 bridgehead atoms. The molecule has 0 aliphatic rings. The fourth-order valence-electron chi connectivity index (χ4n) is 3.61. The molecule has 0 saturated heterocycles. The highest BCUT2D eigenvalue weighted by molar-refractivity contribution is 5.92. The zero-order valence-electron chi connectivity index (χ0n) is 15.3. The maximum atomic E-state index is 9.72. The molecule has 0 amide bonds. The third kappa shape index (κ3) is 2.36. The minimum Gasteiger partial charge on any atom is -0.508 e. The van der Waals surface area contributed by atoms with Crippen molar-refractivity contribution in [3.05, 3.63) is 65.9 Å². The number of phenols is 1. The average molecular weight is 347 g/mol. The van der Waals surface area contributed by atoms with Crippen molar-refractivity contribution in [2.75, 3.05) is 0 Å². The molecule has 3 heterocycles. The molecule has 4 aromatic rings. The summed E-state index contributed by atoms with van der Waals surface area (Å²) in [5.74, 6) is 2.12. The lowest BCUT2D eigenvalue weighted by Crippen LogP contribution is -2.01. The van der Waals surface area contributed by atoms with Crippen LogP contribution in [0.3, 0.4) is 0 Å². The van der Waals surface area contributed by atoms with Gasteiger partial charge in [0.2, 0.25) is 0 Å². The van der Waals surface area contributed by atoms with Crippen LogP contribution >= 0.6 is 0 Å². The zero-order valence-corrected chi connectivity index (χ0v) is 15.3. The molecule has 0 atom stereocenters. The molecule has 1 aromatic carbocycles. The first-order valence-electron chi connectivity index (χ1n) is 8.54. The molecule has 0 aliphatic heterocycles. The van der Waals surface area contributed by atoms with Crippen molar-refractivity contribution >= 4 is 0 Å². The lowest BCUT2D eigenvalue weighted by atomic mass is 9.95. The highest BCUT2D eigenvalue weighted by Crippen LogP contribution is 2.43. The van der Waals surface area contributed by atoms with Crippen LogP contribution in [-0.4, -0.2) is 19.4 Å². The predicted octanol–water partition coefficient (Wildman–Crippen LogP) is 4.77. The van der Waals surface area contributed by atoms with Crippen LogP contribution in [-0.2, 0) is 7.05 Å². The Balaban J connectivity index is 2.12. The topological polar surface area (TPSA) is 56.1 Å². The van der Waals surface area contributed by atoms with Crippen LogP contribution in [0.15, 0.2) is 53.3 Å². The first-order valence-corrected chi connectivity index (χ1v) is 8.54. The summed E-state index contributed by atoms with van der Waals surface area (Å²) in [6, 6.07) is 11.3. The molecule has 0 fully saturated rings. The van der Waals surface area contributed by atoms with Gasteiger partial charge in [0.25, 0.3) is 0 Å². The van der Waals surface area contributed by atoms with E-state index in [9.17, 15) is 5.11 Å². The summed E-state index contributed by atoms with van der Waals surface area (Å²) in [4.78, 5) is 0. The van der Waals surface area contributed by atoms with Gasteiger partial charge in [-0.1, -0.05) is 17.3 Å². The normalized spacial score (nSPS) is 11.2. The monoisotopic (exact) mass is 347 g/mol. The summed E-state index contributed by atoms with van der Waals surface area (Å²) in [5.41, 5.74) is 6.26. The molecule has 0 aliphatic carbocycles. The highest BCUT2D eigenvalue weighted by Gasteiger charge is 2.26. The summed E-state index contributed by atoms with van der Waals surface area (Å²) in [6.07, 6.45) is 4.07. The number of aromatic hydroxyl groups is 1. The number of hydrogen-bond acceptors (Lipinski definition) is 3. The lowest BCUT2D eigenvalue weighted by molar-refractivity contribution is 0.393. The summed E-state index contributed by atoms with van der Waals surface area (Å²) >= 11 is 0. The Hall–Kier alpha value is -3.21. The van der Waals surface area contributed by atoms with Gasteiger partial charge in [0.15, 0.2) is 0 Å². The van der Waals surface area contributed by atoms with Gasteiger partial charge in [-0.25, -0.2) is 0 Å². The van der Waals surface area contributed by atoms with Crippen LogP contribution in [0.2, 0.25) is 0 Å². The Labute approximate surface area is 152 Å². The predicted molar refractivity (Wildman–Crippen MR) is 102 cm³/mol. The Morgan fingerprint density at radius 2 is 1.58 bits per heavy atom. The van der Waals surface area contributed by atoms with E-state index in [0.717, 1.165) is 45.2 Å². The molecule has 0 saturated carbocycles. The van der Waals surface area contributed by atoms with E-state index in [1.165, 1.54) is 0 Å². The summed E-state index contributed by atoms with van der Waals surface area (Å²) in [5, 5.41) is 13.9. The smallest absolute Gasteiger partial charge is 0.141 e. The second-order valence-corrected chi connectivity index (χ2v) is 6.55. The van der Waals surface area contributed by atoms with E-state index in [0.29, 0.717) is 0 Å². The molecule has 1 N–H and O–H groups in total. The molecule has 5 heteroatoms. The molecule has 3 aromatic heterocycles. The van der Waals surface area contributed by atoms with Gasteiger partial charge in [-0.15, -0.1) is 0 Å². The maximum Gasteiger partial charge on any atom is 0.141 e. The van der Waals surface area contributed by atoms with Gasteiger partial charge < -0.3 is 18.8 Å². The van der Waals surface area contributed by atoms with E-state index in [1.54, 1.807) is 12.1 Å². The largest absolute Gasteiger partial charge is 0.508 e. The number of aromatic nitrogens is 3. The molecule has 26 heavy (non-hydrogen) atoms. The van der Waals surface area contributed by atoms with E-state index in [-0.39, 0.29) is 5.75 Å². The zero-order chi connectivity index (χ0) is 18.4. The average Bonchev–Trinajstić information content (AvgIpc) is 3.31. The Kier molecular flexibility index (Phi) is 3.72. The standard InChI is InChI=1S/C21H21N3O2/c1-13-18(15(3)26-22-13)19-14(2)23(4)21(24-11-5-6-12-24)20(19)16-7-9-17(25)10-8-16/h5-12,25H,1-4H3. The van der Waals surface area contributed by atoms with Gasteiger partial charge >= 0.3 is 0 Å². The van der Waals surface area contributed by atoms with Crippen molar-refractivity contribution < 1.29 is 9.63 Å². The second-order valence-electron chi connectivity index (χ2n) is 6.55. The van der Waals surface area contributed by atoms with E-state index in [4.69, 9.17) is 4.52 Å². The van der Waals surface area contributed by atoms with Crippen LogP contribution < -0.4 is 0 Å². The number of benzene rings is 1. The third-order valence-corrected chi connectivity index (χ3v) is 4.94. The van der Waals surface area contributed by atoms with Crippen molar-refractivity contribution in [2.45, 2.75) is 20.8 Å². The minimum absolute atomic E-state index is 0.253. The molecule has 5 nitrogen and oxygen atoms in total. The van der Waals surface area contributed by atoms with Gasteiger partial charge in [-0.2, -0.15) is 0 Å². The third-order valence-electron chi connectivity index (χ3n) is 4.94. The summed E-state index contributed by atoms with van der Waals surface area (Å²) in [6.45, 7) is 6.02. The Morgan fingerprint density at radius 1 is 0.923 bits per heavy atom. The van der Waals surface area contributed by atoms with Crippen molar-refractivity contribution in [3.8, 4) is 33.8 Å². The van der Waals surface area contributed by atoms with Gasteiger partial charge in [-0.3, -0.25) is 0 Å². The van der Waals surface area contributed by atoms with Gasteiger partial charge in [0.05, 0.1) is 5.69 Å². The van der Waals surface area contributed by atoms with E-state index in [1.807, 2.05) is 50.5 Å². The van der Waals surface area contributed by atoms with Gasteiger partial charge in [0.1, 0.15) is 17.3 Å². The van der Waals surface area contributed by atoms with Crippen LogP contribution in [0.4, 0.5) is 0 Å². The van der Waals surface area contributed by atoms with Gasteiger partial charge in [-0.05, 0) is 50.6 Å². The number of phenolic OH excluding ortho intramolecular Hbond substituents is 1. The fourth-order valence-corrected chi connectivity index (χ4v) is 3.61. The molecule has 0 radical (unpaired) electrons. The fraction of sp³-hybridized carbons (Fsp3) is 0.190. The van der Waals surface area contributed by atoms with Gasteiger partial charge in [0, 0.05) is 41.8 Å². The van der Waals surface area contributed by atoms with Crippen LogP contribution in [0, 0.1) is 20.8 Å². The van der Waals surface area contributed by atoms with E-state index in [2.05, 4.69) is 28.3 Å². The number of nitrogens with zero attached hydrogens (tertiary/aromatic N) is 3. The summed E-state index contributed by atoms with van der Waals surface area (Å²) in [7, 11) is 2.07. The molecule has 0 spiro atoms. The SMILES string of the molecule is Cc1noc(C)c1-c1c(-c2ccc(O)cc2)c(-n2cccc2)n(C)c1C. The van der Waals surface area contributed by atoms with Crippen LogP contribution in [0.5, 0.6) is 5.75 Å². The van der Waals surface area contributed by atoms with Crippen molar-refractivity contribution in [3.63, 3.8) is 0 Å². The van der Waals surface area contributed by atoms with E-state index >= 15 is 0 Å². The quantitative estimate of drug-likeness (QED) is 0.581. The van der Waals surface area contributed by atoms with E-state index < -0.39 is 0 Å². The van der Waals surface area contributed by atoms with Crippen LogP contribution in [0.1, 0.15) is 17.1 Å². The molecular weight excluding hydrogens is 326 g/mol. The minimum atomic E-state index is 0.253. The van der Waals surface area contributed by atoms with Crippen molar-refractivity contribution in [1.82, 2.24) is 14.3 Å². The number of rotatable bonds is 3. The molecular formula is C21H21N3O2. The summed E-state index contributed by atoms with van der Waals surface area (Å²) < 4.78 is 9.74. The first kappa shape index (κ1) is 16.3. The second kappa shape index (κ2) is 5.95. The maximum absolute atomic E-state index is 9.72.